The second-order valence-corrected chi connectivity index (χ2v) is 24.9. The van der Waals surface area contributed by atoms with Crippen molar-refractivity contribution < 1.29 is 32.9 Å². The fourth-order valence-corrected chi connectivity index (χ4v) is 10.7. The number of nitrogens with zero attached hydrogens (tertiary/aromatic N) is 1. The second kappa shape index (κ2) is 55.0. The molecule has 430 valence electrons. The number of aliphatic hydroxyl groups is 1. The summed E-state index contributed by atoms with van der Waals surface area (Å²) >= 11 is 0. The minimum Gasteiger partial charge on any atom is -0.756 e. The summed E-state index contributed by atoms with van der Waals surface area (Å²) in [5, 5.41) is 14.1. The summed E-state index contributed by atoms with van der Waals surface area (Å²) in [4.78, 5) is 25.6. The fourth-order valence-electron chi connectivity index (χ4n) is 9.98. The van der Waals surface area contributed by atoms with Crippen LogP contribution in [0.3, 0.4) is 0 Å². The Balaban J connectivity index is 4.01. The summed E-state index contributed by atoms with van der Waals surface area (Å²) < 4.78 is 23.5. The number of unbranched alkanes of at least 4 members (excludes halogenated alkanes) is 45. The predicted molar refractivity (Wildman–Crippen MR) is 312 cm³/mol. The number of phosphoric acid groups is 1. The van der Waals surface area contributed by atoms with Crippen LogP contribution in [0.4, 0.5) is 0 Å². The molecule has 0 rings (SSSR count). The Kier molecular flexibility index (Phi) is 54.4. The molecule has 3 unspecified atom stereocenters. The van der Waals surface area contributed by atoms with Crippen molar-refractivity contribution in [2.45, 2.75) is 347 Å². The number of rotatable bonds is 60. The van der Waals surface area contributed by atoms with Gasteiger partial charge in [0.1, 0.15) is 13.2 Å². The van der Waals surface area contributed by atoms with Gasteiger partial charge in [-0.25, -0.2) is 0 Å². The molecule has 0 aliphatic rings. The summed E-state index contributed by atoms with van der Waals surface area (Å²) in [5.41, 5.74) is 0. The van der Waals surface area contributed by atoms with Crippen LogP contribution in [-0.2, 0) is 18.4 Å². The molecule has 3 atom stereocenters. The van der Waals surface area contributed by atoms with Crippen molar-refractivity contribution in [3.05, 3.63) is 12.2 Å². The van der Waals surface area contributed by atoms with E-state index >= 15 is 0 Å². The van der Waals surface area contributed by atoms with E-state index in [1.165, 1.54) is 270 Å². The molecule has 2 N–H and O–H groups in total. The number of hydrogen-bond acceptors (Lipinski definition) is 6. The van der Waals surface area contributed by atoms with Gasteiger partial charge in [-0.3, -0.25) is 9.36 Å². The molecule has 1 amide bonds. The zero-order valence-electron chi connectivity index (χ0n) is 49.2. The fraction of sp³-hybridized carbons (Fsp3) is 0.952. The minimum atomic E-state index is -4.57. The molecule has 0 radical (unpaired) electrons. The van der Waals surface area contributed by atoms with Crippen molar-refractivity contribution >= 4 is 13.7 Å². The molecule has 8 nitrogen and oxygen atoms in total. The lowest BCUT2D eigenvalue weighted by atomic mass is 10.0. The number of carbonyl (C=O) groups is 1. The Hall–Kier alpha value is -0.760. The summed E-state index contributed by atoms with van der Waals surface area (Å²) in [7, 11) is 1.32. The smallest absolute Gasteiger partial charge is 0.268 e. The molecule has 0 saturated carbocycles. The maximum Gasteiger partial charge on any atom is 0.268 e. The third kappa shape index (κ3) is 57.0. The largest absolute Gasteiger partial charge is 0.756 e. The molecule has 0 aliphatic heterocycles. The van der Waals surface area contributed by atoms with Crippen molar-refractivity contribution in [2.75, 3.05) is 40.9 Å². The number of quaternary nitrogens is 1. The van der Waals surface area contributed by atoms with Crippen LogP contribution in [0.25, 0.3) is 0 Å². The molecular formula is C63H127N2O6P. The molecule has 9 heteroatoms. The molecule has 0 aromatic heterocycles. The molecule has 0 saturated heterocycles. The van der Waals surface area contributed by atoms with Crippen molar-refractivity contribution in [2.24, 2.45) is 0 Å². The van der Waals surface area contributed by atoms with Gasteiger partial charge in [-0.15, -0.1) is 0 Å². The maximum atomic E-state index is 13.0. The number of allylic oxidation sites excluding steroid dienone is 2. The lowest BCUT2D eigenvalue weighted by Gasteiger charge is -2.30. The highest BCUT2D eigenvalue weighted by molar-refractivity contribution is 7.45. The molecular weight excluding hydrogens is 912 g/mol. The monoisotopic (exact) mass is 1040 g/mol. The molecule has 72 heavy (non-hydrogen) atoms. The zero-order chi connectivity index (χ0) is 52.7. The number of phosphoric ester groups is 1. The summed E-state index contributed by atoms with van der Waals surface area (Å²) in [5.74, 6) is -0.157. The maximum absolute atomic E-state index is 13.0. The molecule has 0 aromatic carbocycles. The molecule has 0 spiro atoms. The topological polar surface area (TPSA) is 108 Å². The van der Waals surface area contributed by atoms with Gasteiger partial charge in [-0.1, -0.05) is 302 Å². The first-order valence-electron chi connectivity index (χ1n) is 32.0. The number of hydrogen-bond donors (Lipinski definition) is 2. The Morgan fingerprint density at radius 3 is 1.08 bits per heavy atom. The average molecular weight is 1040 g/mol. The van der Waals surface area contributed by atoms with Gasteiger partial charge in [0.2, 0.25) is 5.91 Å². The van der Waals surface area contributed by atoms with Crippen LogP contribution in [0.1, 0.15) is 335 Å². The first kappa shape index (κ1) is 71.2. The molecule has 0 fully saturated rings. The van der Waals surface area contributed by atoms with E-state index in [-0.39, 0.29) is 19.1 Å². The Bertz CT molecular complexity index is 1180. The zero-order valence-corrected chi connectivity index (χ0v) is 50.1. The van der Waals surface area contributed by atoms with E-state index < -0.39 is 20.0 Å². The van der Waals surface area contributed by atoms with Gasteiger partial charge in [0.15, 0.2) is 0 Å². The highest BCUT2D eigenvalue weighted by Crippen LogP contribution is 2.38. The third-order valence-corrected chi connectivity index (χ3v) is 16.0. The Morgan fingerprint density at radius 2 is 0.764 bits per heavy atom. The third-order valence-electron chi connectivity index (χ3n) is 15.0. The van der Waals surface area contributed by atoms with Crippen LogP contribution in [0, 0.1) is 0 Å². The lowest BCUT2D eigenvalue weighted by molar-refractivity contribution is -0.870. The van der Waals surface area contributed by atoms with E-state index in [2.05, 4.69) is 31.3 Å². The predicted octanol–water partition coefficient (Wildman–Crippen LogP) is 19.1. The molecule has 0 aromatic rings. The van der Waals surface area contributed by atoms with Crippen LogP contribution in [0.15, 0.2) is 12.2 Å². The van der Waals surface area contributed by atoms with Crippen molar-refractivity contribution in [1.29, 1.82) is 0 Å². The summed E-state index contributed by atoms with van der Waals surface area (Å²) in [6.45, 7) is 4.78. The summed E-state index contributed by atoms with van der Waals surface area (Å²) in [6.07, 6.45) is 68.4. The second-order valence-electron chi connectivity index (χ2n) is 23.5. The van der Waals surface area contributed by atoms with Crippen LogP contribution >= 0.6 is 7.82 Å². The van der Waals surface area contributed by atoms with Crippen LogP contribution in [0.2, 0.25) is 0 Å². The van der Waals surface area contributed by atoms with Gasteiger partial charge in [0, 0.05) is 6.42 Å². The average Bonchev–Trinajstić information content (AvgIpc) is 3.34. The molecule has 0 heterocycles. The van der Waals surface area contributed by atoms with Gasteiger partial charge < -0.3 is 28.8 Å². The Morgan fingerprint density at radius 1 is 0.472 bits per heavy atom. The van der Waals surface area contributed by atoms with E-state index in [0.29, 0.717) is 23.9 Å². The van der Waals surface area contributed by atoms with Gasteiger partial charge >= 0.3 is 0 Å². The first-order chi connectivity index (χ1) is 35.0. The Labute approximate surface area is 450 Å². The number of amides is 1. The van der Waals surface area contributed by atoms with E-state index in [1.807, 2.05) is 21.1 Å². The van der Waals surface area contributed by atoms with Crippen molar-refractivity contribution in [1.82, 2.24) is 5.32 Å². The molecule has 0 aliphatic carbocycles. The van der Waals surface area contributed by atoms with Crippen LogP contribution in [-0.4, -0.2) is 68.5 Å². The highest BCUT2D eigenvalue weighted by Gasteiger charge is 2.24. The number of likely N-dealkylation sites (N-methyl/N-ethyl adjacent to an activating group) is 1. The van der Waals surface area contributed by atoms with Crippen LogP contribution in [0.5, 0.6) is 0 Å². The van der Waals surface area contributed by atoms with E-state index in [9.17, 15) is 19.4 Å². The van der Waals surface area contributed by atoms with E-state index in [1.54, 1.807) is 0 Å². The quantitative estimate of drug-likeness (QED) is 0.0272. The van der Waals surface area contributed by atoms with Gasteiger partial charge in [-0.05, 0) is 38.5 Å². The highest BCUT2D eigenvalue weighted by atomic mass is 31.2. The van der Waals surface area contributed by atoms with E-state index in [0.717, 1.165) is 38.5 Å². The van der Waals surface area contributed by atoms with Crippen LogP contribution < -0.4 is 10.2 Å². The normalized spacial score (nSPS) is 13.8. The number of nitrogens with one attached hydrogen (secondary N) is 1. The van der Waals surface area contributed by atoms with Crippen molar-refractivity contribution in [3.63, 3.8) is 0 Å². The van der Waals surface area contributed by atoms with E-state index in [4.69, 9.17) is 9.05 Å². The first-order valence-corrected chi connectivity index (χ1v) is 33.5. The standard InChI is InChI=1S/C63H127N2O6P/c1-6-8-10-12-14-16-18-20-22-24-26-27-28-29-30-31-32-33-34-35-36-37-39-41-43-45-47-49-51-53-55-57-63(67)64-61(60-71-72(68,69)70-59-58-65(3,4)5)62(66)56-54-52-50-48-46-44-42-40-38-25-23-21-19-17-15-13-11-9-7-2/h24,26,61-62,66H,6-23,25,27-60H2,1-5H3,(H-,64,67,68,69)/b26-24-. The lowest BCUT2D eigenvalue weighted by Crippen LogP contribution is -2.46. The van der Waals surface area contributed by atoms with Gasteiger partial charge in [-0.2, -0.15) is 0 Å². The number of carbonyl (C=O) groups excluding carboxylic acids is 1. The van der Waals surface area contributed by atoms with Gasteiger partial charge in [0.05, 0.1) is 39.9 Å². The molecule has 0 bridgehead atoms. The number of aliphatic hydroxyl groups excluding tert-OH is 1. The van der Waals surface area contributed by atoms with Crippen molar-refractivity contribution in [3.8, 4) is 0 Å². The minimum absolute atomic E-state index is 0.0157. The summed E-state index contributed by atoms with van der Waals surface area (Å²) in [6, 6.07) is -0.797. The van der Waals surface area contributed by atoms with Gasteiger partial charge in [0.25, 0.3) is 7.82 Å². The SMILES string of the molecule is CCCCCCCCCC/C=C\CCCCCCCCCCCCCCCCCCCCCC(=O)NC(COP(=O)([O-])OCC[N+](C)(C)C)C(O)CCCCCCCCCCCCCCCCCCCCC.